The smallest absolute Gasteiger partial charge is 0.331 e. The summed E-state index contributed by atoms with van der Waals surface area (Å²) in [5, 5.41) is 6.06. The van der Waals surface area contributed by atoms with Crippen LogP contribution < -0.4 is 4.90 Å². The molecule has 3 aliphatic heterocycles. The largest absolute Gasteiger partial charge is 0.458 e. The van der Waals surface area contributed by atoms with E-state index in [4.69, 9.17) is 4.74 Å². The average molecular weight is 460 g/mol. The van der Waals surface area contributed by atoms with E-state index in [-0.39, 0.29) is 5.78 Å². The molecule has 4 atom stereocenters. The Kier molecular flexibility index (Phi) is 4.93. The fraction of sp³-hybridized carbons (Fsp3) is 0.346. The van der Waals surface area contributed by atoms with Crippen LogP contribution in [0.4, 0.5) is 5.69 Å². The van der Waals surface area contributed by atoms with Crippen molar-refractivity contribution in [1.29, 1.82) is 0 Å². The van der Waals surface area contributed by atoms with Crippen molar-refractivity contribution in [1.82, 2.24) is 5.01 Å². The third-order valence-corrected chi connectivity index (χ3v) is 6.47. The molecule has 0 spiro atoms. The lowest BCUT2D eigenvalue weighted by Crippen LogP contribution is -2.46. The maximum Gasteiger partial charge on any atom is 0.331 e. The zero-order valence-corrected chi connectivity index (χ0v) is 19.4. The van der Waals surface area contributed by atoms with E-state index < -0.39 is 47.3 Å². The molecule has 8 nitrogen and oxygen atoms in total. The summed E-state index contributed by atoms with van der Waals surface area (Å²) in [5.41, 5.74) is 1.77. The molecule has 2 amide bonds. The van der Waals surface area contributed by atoms with Gasteiger partial charge in [-0.25, -0.2) is 9.69 Å². The number of imide groups is 1. The predicted octanol–water partition coefficient (Wildman–Crippen LogP) is 3.11. The topological polar surface area (TPSA) is 96.4 Å². The van der Waals surface area contributed by atoms with Crippen molar-refractivity contribution >= 4 is 35.5 Å². The average Bonchev–Trinajstić information content (AvgIpc) is 3.25. The summed E-state index contributed by atoms with van der Waals surface area (Å²) in [6, 6.07) is 12.3. The number of ether oxygens (including phenoxy) is 1. The molecule has 3 heterocycles. The maximum absolute atomic E-state index is 13.7. The summed E-state index contributed by atoms with van der Waals surface area (Å²) in [6.07, 6.45) is 1.65. The molecule has 174 valence electrons. The monoisotopic (exact) mass is 459 g/mol. The minimum atomic E-state index is -1.03. The van der Waals surface area contributed by atoms with Crippen LogP contribution in [0.3, 0.4) is 0 Å². The molecule has 5 rings (SSSR count). The molecule has 3 aliphatic rings. The van der Waals surface area contributed by atoms with Crippen LogP contribution in [0.1, 0.15) is 55.2 Å². The van der Waals surface area contributed by atoms with E-state index >= 15 is 0 Å². The molecule has 34 heavy (non-hydrogen) atoms. The van der Waals surface area contributed by atoms with Gasteiger partial charge in [-0.3, -0.25) is 19.4 Å². The first-order valence-corrected chi connectivity index (χ1v) is 11.2. The number of rotatable bonds is 3. The number of hydrogen-bond donors (Lipinski definition) is 0. The highest BCUT2D eigenvalue weighted by Gasteiger charge is 2.66. The van der Waals surface area contributed by atoms with Crippen LogP contribution in [-0.4, -0.2) is 46.4 Å². The Bertz CT molecular complexity index is 1240. The number of anilines is 1. The highest BCUT2D eigenvalue weighted by Crippen LogP contribution is 2.52. The lowest BCUT2D eigenvalue weighted by Gasteiger charge is -2.34. The van der Waals surface area contributed by atoms with Gasteiger partial charge in [0.15, 0.2) is 11.8 Å². The standard InChI is InChI=1S/C26H25N3O5/c1-14(30)15-9-11-17(12-10-15)28-23(31)19-20(24(28)32)22(25(33)34-26(2,3)4)29-21(19)18-8-6-5-7-16(18)13-27-29/h5-13,19-22H,1-4H3/t19-,20+,21+,22+/m0/s1. The summed E-state index contributed by atoms with van der Waals surface area (Å²) in [7, 11) is 0. The Morgan fingerprint density at radius 2 is 1.59 bits per heavy atom. The molecule has 8 heteroatoms. The molecule has 0 bridgehead atoms. The number of hydrogen-bond acceptors (Lipinski definition) is 7. The molecule has 0 unspecified atom stereocenters. The van der Waals surface area contributed by atoms with E-state index in [1.807, 2.05) is 24.3 Å². The first-order chi connectivity index (χ1) is 16.1. The van der Waals surface area contributed by atoms with Crippen LogP contribution in [0, 0.1) is 11.8 Å². The molecule has 2 aromatic carbocycles. The fourth-order valence-corrected chi connectivity index (χ4v) is 5.10. The maximum atomic E-state index is 13.7. The van der Waals surface area contributed by atoms with Gasteiger partial charge in [0.25, 0.3) is 0 Å². The second-order valence-corrected chi connectivity index (χ2v) is 9.84. The van der Waals surface area contributed by atoms with Gasteiger partial charge in [-0.15, -0.1) is 0 Å². The van der Waals surface area contributed by atoms with Crippen molar-refractivity contribution in [3.05, 3.63) is 65.2 Å². The second kappa shape index (κ2) is 7.62. The minimum Gasteiger partial charge on any atom is -0.458 e. The third-order valence-electron chi connectivity index (χ3n) is 6.47. The number of carbonyl (C=O) groups is 4. The van der Waals surface area contributed by atoms with Crippen molar-refractivity contribution in [3.63, 3.8) is 0 Å². The van der Waals surface area contributed by atoms with Gasteiger partial charge in [-0.1, -0.05) is 24.3 Å². The zero-order chi connectivity index (χ0) is 24.4. The van der Waals surface area contributed by atoms with E-state index in [0.29, 0.717) is 11.3 Å². The van der Waals surface area contributed by atoms with Crippen LogP contribution >= 0.6 is 0 Å². The van der Waals surface area contributed by atoms with Crippen molar-refractivity contribution in [2.75, 3.05) is 4.90 Å². The van der Waals surface area contributed by atoms with Crippen molar-refractivity contribution in [2.24, 2.45) is 16.9 Å². The third kappa shape index (κ3) is 3.32. The Morgan fingerprint density at radius 1 is 0.941 bits per heavy atom. The van der Waals surface area contributed by atoms with E-state index in [1.165, 1.54) is 6.92 Å². The number of carbonyl (C=O) groups excluding carboxylic acids is 4. The molecule has 2 aromatic rings. The molecular weight excluding hydrogens is 434 g/mol. The Labute approximate surface area is 197 Å². The number of ketones is 1. The number of fused-ring (bicyclic) bond motifs is 5. The number of nitrogens with zero attached hydrogens (tertiary/aromatic N) is 3. The molecule has 0 aromatic heterocycles. The van der Waals surface area contributed by atoms with Gasteiger partial charge in [0.05, 0.1) is 29.8 Å². The predicted molar refractivity (Wildman–Crippen MR) is 124 cm³/mol. The SMILES string of the molecule is CC(=O)c1ccc(N2C(=O)[C@@H]3[C@H](C2=O)[C@H]2c4ccccc4C=NN2[C@H]3C(=O)OC(C)(C)C)cc1. The number of esters is 1. The summed E-state index contributed by atoms with van der Waals surface area (Å²) in [4.78, 5) is 53.6. The molecular formula is C26H25N3O5. The van der Waals surface area contributed by atoms with Crippen molar-refractivity contribution in [2.45, 2.75) is 45.4 Å². The number of benzene rings is 2. The normalized spacial score (nSPS) is 25.2. The van der Waals surface area contributed by atoms with E-state index in [9.17, 15) is 19.2 Å². The van der Waals surface area contributed by atoms with Gasteiger partial charge in [0, 0.05) is 5.56 Å². The number of Topliss-reactive ketones (excluding diaryl/α,β-unsaturated/α-hetero) is 1. The highest BCUT2D eigenvalue weighted by molar-refractivity contribution is 6.24. The van der Waals surface area contributed by atoms with Gasteiger partial charge in [-0.2, -0.15) is 5.10 Å². The van der Waals surface area contributed by atoms with Gasteiger partial charge >= 0.3 is 5.97 Å². The first kappa shape index (κ1) is 22.0. The van der Waals surface area contributed by atoms with E-state index in [1.54, 1.807) is 56.3 Å². The first-order valence-electron chi connectivity index (χ1n) is 11.2. The Morgan fingerprint density at radius 3 is 2.24 bits per heavy atom. The van der Waals surface area contributed by atoms with Crippen LogP contribution in [-0.2, 0) is 19.1 Å². The zero-order valence-electron chi connectivity index (χ0n) is 19.4. The minimum absolute atomic E-state index is 0.111. The van der Waals surface area contributed by atoms with Crippen LogP contribution in [0.15, 0.2) is 53.6 Å². The van der Waals surface area contributed by atoms with Crippen LogP contribution in [0.2, 0.25) is 0 Å². The van der Waals surface area contributed by atoms with Gasteiger partial charge in [0.1, 0.15) is 5.60 Å². The number of amides is 2. The number of hydrazone groups is 1. The summed E-state index contributed by atoms with van der Waals surface area (Å²) in [5.74, 6) is -3.29. The molecule has 0 radical (unpaired) electrons. The van der Waals surface area contributed by atoms with Gasteiger partial charge < -0.3 is 4.74 Å². The quantitative estimate of drug-likeness (QED) is 0.398. The molecule has 0 aliphatic carbocycles. The van der Waals surface area contributed by atoms with Gasteiger partial charge in [-0.05, 0) is 63.1 Å². The van der Waals surface area contributed by atoms with E-state index in [2.05, 4.69) is 5.10 Å². The molecule has 2 saturated heterocycles. The summed E-state index contributed by atoms with van der Waals surface area (Å²) < 4.78 is 5.66. The van der Waals surface area contributed by atoms with Crippen LogP contribution in [0.25, 0.3) is 0 Å². The van der Waals surface area contributed by atoms with Crippen molar-refractivity contribution < 1.29 is 23.9 Å². The highest BCUT2D eigenvalue weighted by atomic mass is 16.6. The van der Waals surface area contributed by atoms with Crippen LogP contribution in [0.5, 0.6) is 0 Å². The lowest BCUT2D eigenvalue weighted by molar-refractivity contribution is -0.163. The summed E-state index contributed by atoms with van der Waals surface area (Å²) in [6.45, 7) is 6.73. The fourth-order valence-electron chi connectivity index (χ4n) is 5.10. The molecule has 0 N–H and O–H groups in total. The summed E-state index contributed by atoms with van der Waals surface area (Å²) >= 11 is 0. The molecule has 0 saturated carbocycles. The van der Waals surface area contributed by atoms with E-state index in [0.717, 1.165) is 16.0 Å². The second-order valence-electron chi connectivity index (χ2n) is 9.84. The van der Waals surface area contributed by atoms with Gasteiger partial charge in [0.2, 0.25) is 11.8 Å². The Hall–Kier alpha value is -3.81. The lowest BCUT2D eigenvalue weighted by atomic mass is 9.85. The Balaban J connectivity index is 1.60. The molecule has 2 fully saturated rings. The van der Waals surface area contributed by atoms with Crippen molar-refractivity contribution in [3.8, 4) is 0 Å².